The third kappa shape index (κ3) is 4.57. The molecule has 1 saturated carbocycles. The Labute approximate surface area is 150 Å². The van der Waals surface area contributed by atoms with Crippen LogP contribution < -0.4 is 25.3 Å². The number of nitrogens with one attached hydrogen (secondary N) is 1. The highest BCUT2D eigenvalue weighted by molar-refractivity contribution is 5.80. The van der Waals surface area contributed by atoms with Crippen LogP contribution in [0.1, 0.15) is 45.1 Å². The summed E-state index contributed by atoms with van der Waals surface area (Å²) in [5, 5.41) is 3.01. The van der Waals surface area contributed by atoms with Crippen LogP contribution in [0.25, 0.3) is 0 Å². The van der Waals surface area contributed by atoms with Gasteiger partial charge in [-0.3, -0.25) is 4.79 Å². The zero-order chi connectivity index (χ0) is 18.4. The van der Waals surface area contributed by atoms with Gasteiger partial charge in [-0.25, -0.2) is 0 Å². The number of hydrogen-bond acceptors (Lipinski definition) is 5. The summed E-state index contributed by atoms with van der Waals surface area (Å²) >= 11 is 0. The predicted octanol–water partition coefficient (Wildman–Crippen LogP) is 2.63. The lowest BCUT2D eigenvalue weighted by molar-refractivity contribution is -0.128. The van der Waals surface area contributed by atoms with E-state index in [9.17, 15) is 4.79 Å². The molecule has 0 aromatic heterocycles. The summed E-state index contributed by atoms with van der Waals surface area (Å²) < 4.78 is 16.4. The lowest BCUT2D eigenvalue weighted by Gasteiger charge is -2.37. The average molecular weight is 350 g/mol. The van der Waals surface area contributed by atoms with Crippen LogP contribution in [0.15, 0.2) is 12.1 Å². The van der Waals surface area contributed by atoms with Gasteiger partial charge in [-0.2, -0.15) is 0 Å². The van der Waals surface area contributed by atoms with E-state index in [-0.39, 0.29) is 11.8 Å². The quantitative estimate of drug-likeness (QED) is 0.790. The topological polar surface area (TPSA) is 82.8 Å². The molecule has 1 amide bonds. The molecule has 2 atom stereocenters. The second-order valence-corrected chi connectivity index (χ2v) is 6.78. The van der Waals surface area contributed by atoms with E-state index < -0.39 is 5.54 Å². The summed E-state index contributed by atoms with van der Waals surface area (Å²) in [5.41, 5.74) is 6.77. The van der Waals surface area contributed by atoms with Crippen molar-refractivity contribution in [3.63, 3.8) is 0 Å². The van der Waals surface area contributed by atoms with Crippen molar-refractivity contribution in [1.82, 2.24) is 5.32 Å². The van der Waals surface area contributed by atoms with Gasteiger partial charge in [0.2, 0.25) is 11.7 Å². The SMILES string of the molecule is CCOc1c(OC)cc(CNC(=O)C2CCCCC2(C)N)cc1OC. The van der Waals surface area contributed by atoms with E-state index in [1.807, 2.05) is 26.0 Å². The number of carbonyl (C=O) groups excluding carboxylic acids is 1. The van der Waals surface area contributed by atoms with Crippen molar-refractivity contribution >= 4 is 5.91 Å². The van der Waals surface area contributed by atoms with Gasteiger partial charge < -0.3 is 25.3 Å². The summed E-state index contributed by atoms with van der Waals surface area (Å²) in [6.07, 6.45) is 3.87. The summed E-state index contributed by atoms with van der Waals surface area (Å²) in [5.74, 6) is 1.62. The molecular weight excluding hydrogens is 320 g/mol. The molecule has 2 rings (SSSR count). The summed E-state index contributed by atoms with van der Waals surface area (Å²) in [4.78, 5) is 12.6. The van der Waals surface area contributed by atoms with E-state index in [1.54, 1.807) is 14.2 Å². The normalized spacial score (nSPS) is 23.0. The highest BCUT2D eigenvalue weighted by Crippen LogP contribution is 2.38. The maximum atomic E-state index is 12.6. The highest BCUT2D eigenvalue weighted by Gasteiger charge is 2.37. The van der Waals surface area contributed by atoms with Crippen molar-refractivity contribution in [3.8, 4) is 17.2 Å². The Morgan fingerprint density at radius 1 is 1.28 bits per heavy atom. The maximum Gasteiger partial charge on any atom is 0.225 e. The molecule has 0 aliphatic heterocycles. The van der Waals surface area contributed by atoms with Gasteiger partial charge in [0.05, 0.1) is 26.7 Å². The van der Waals surface area contributed by atoms with Gasteiger partial charge in [-0.05, 0) is 44.4 Å². The fourth-order valence-corrected chi connectivity index (χ4v) is 3.42. The maximum absolute atomic E-state index is 12.6. The van der Waals surface area contributed by atoms with Crippen LogP contribution in [0, 0.1) is 5.92 Å². The van der Waals surface area contributed by atoms with Crippen molar-refractivity contribution in [2.75, 3.05) is 20.8 Å². The van der Waals surface area contributed by atoms with Gasteiger partial charge in [-0.15, -0.1) is 0 Å². The fraction of sp³-hybridized carbons (Fsp3) is 0.632. The van der Waals surface area contributed by atoms with E-state index in [2.05, 4.69) is 5.32 Å². The molecule has 0 heterocycles. The van der Waals surface area contributed by atoms with E-state index in [1.165, 1.54) is 0 Å². The summed E-state index contributed by atoms with van der Waals surface area (Å²) in [6.45, 7) is 4.78. The summed E-state index contributed by atoms with van der Waals surface area (Å²) in [6, 6.07) is 3.71. The second kappa shape index (κ2) is 8.43. The average Bonchev–Trinajstić information content (AvgIpc) is 2.60. The van der Waals surface area contributed by atoms with Crippen molar-refractivity contribution in [2.24, 2.45) is 11.7 Å². The molecular formula is C19H30N2O4. The molecule has 1 aromatic carbocycles. The van der Waals surface area contributed by atoms with Crippen LogP contribution in [-0.2, 0) is 11.3 Å². The number of hydrogen-bond donors (Lipinski definition) is 2. The van der Waals surface area contributed by atoms with Crippen molar-refractivity contribution in [3.05, 3.63) is 17.7 Å². The molecule has 6 nitrogen and oxygen atoms in total. The molecule has 1 fully saturated rings. The van der Waals surface area contributed by atoms with Crippen molar-refractivity contribution in [2.45, 2.75) is 51.6 Å². The lowest BCUT2D eigenvalue weighted by atomic mass is 9.74. The largest absolute Gasteiger partial charge is 0.493 e. The number of nitrogens with two attached hydrogens (primary N) is 1. The second-order valence-electron chi connectivity index (χ2n) is 6.78. The van der Waals surface area contributed by atoms with Crippen LogP contribution in [0.2, 0.25) is 0 Å². The van der Waals surface area contributed by atoms with Crippen LogP contribution in [0.5, 0.6) is 17.2 Å². The minimum Gasteiger partial charge on any atom is -0.493 e. The Kier molecular flexibility index (Phi) is 6.53. The van der Waals surface area contributed by atoms with Crippen LogP contribution >= 0.6 is 0 Å². The Morgan fingerprint density at radius 2 is 1.92 bits per heavy atom. The van der Waals surface area contributed by atoms with Gasteiger partial charge in [0.15, 0.2) is 11.5 Å². The molecule has 1 aromatic rings. The van der Waals surface area contributed by atoms with Crippen LogP contribution in [0.3, 0.4) is 0 Å². The standard InChI is InChI=1S/C19H30N2O4/c1-5-25-17-15(23-3)10-13(11-16(17)24-4)12-21-18(22)14-8-6-7-9-19(14,2)20/h10-11,14H,5-9,12,20H2,1-4H3,(H,21,22). The van der Waals surface area contributed by atoms with Crippen molar-refractivity contribution < 1.29 is 19.0 Å². The Morgan fingerprint density at radius 3 is 2.44 bits per heavy atom. The number of methoxy groups -OCH3 is 2. The molecule has 0 radical (unpaired) electrons. The zero-order valence-corrected chi connectivity index (χ0v) is 15.7. The number of ether oxygens (including phenoxy) is 3. The van der Waals surface area contributed by atoms with Gasteiger partial charge in [0.25, 0.3) is 0 Å². The molecule has 3 N–H and O–H groups in total. The molecule has 0 saturated heterocycles. The first-order chi connectivity index (χ1) is 11.9. The first-order valence-corrected chi connectivity index (χ1v) is 8.87. The number of benzene rings is 1. The first kappa shape index (κ1) is 19.4. The van der Waals surface area contributed by atoms with E-state index in [0.29, 0.717) is 30.4 Å². The highest BCUT2D eigenvalue weighted by atomic mass is 16.5. The van der Waals surface area contributed by atoms with E-state index in [0.717, 1.165) is 31.2 Å². The molecule has 2 unspecified atom stereocenters. The number of amides is 1. The molecule has 25 heavy (non-hydrogen) atoms. The number of rotatable bonds is 7. The molecule has 0 spiro atoms. The van der Waals surface area contributed by atoms with E-state index in [4.69, 9.17) is 19.9 Å². The minimum absolute atomic E-state index is 0.0107. The minimum atomic E-state index is -0.434. The first-order valence-electron chi connectivity index (χ1n) is 8.87. The van der Waals surface area contributed by atoms with Crippen molar-refractivity contribution in [1.29, 1.82) is 0 Å². The monoisotopic (exact) mass is 350 g/mol. The summed E-state index contributed by atoms with van der Waals surface area (Å²) in [7, 11) is 3.17. The predicted molar refractivity (Wildman–Crippen MR) is 97.1 cm³/mol. The van der Waals surface area contributed by atoms with Gasteiger partial charge in [-0.1, -0.05) is 12.8 Å². The third-order valence-electron chi connectivity index (χ3n) is 4.85. The molecule has 1 aliphatic carbocycles. The van der Waals surface area contributed by atoms with Gasteiger partial charge in [0, 0.05) is 12.1 Å². The van der Waals surface area contributed by atoms with Gasteiger partial charge in [0.1, 0.15) is 0 Å². The van der Waals surface area contributed by atoms with Gasteiger partial charge >= 0.3 is 0 Å². The Hall–Kier alpha value is -1.95. The molecule has 0 bridgehead atoms. The van der Waals surface area contributed by atoms with Crippen LogP contribution in [0.4, 0.5) is 0 Å². The Balaban J connectivity index is 2.11. The van der Waals surface area contributed by atoms with Crippen LogP contribution in [-0.4, -0.2) is 32.3 Å². The molecule has 140 valence electrons. The fourth-order valence-electron chi connectivity index (χ4n) is 3.42. The lowest BCUT2D eigenvalue weighted by Crippen LogP contribution is -2.52. The third-order valence-corrected chi connectivity index (χ3v) is 4.85. The number of carbonyl (C=O) groups is 1. The smallest absolute Gasteiger partial charge is 0.225 e. The molecule has 1 aliphatic rings. The Bertz CT molecular complexity index is 576. The molecule has 6 heteroatoms. The zero-order valence-electron chi connectivity index (χ0n) is 15.7. The van der Waals surface area contributed by atoms with E-state index >= 15 is 0 Å².